The van der Waals surface area contributed by atoms with Gasteiger partial charge in [0.05, 0.1) is 19.5 Å². The van der Waals surface area contributed by atoms with Crippen LogP contribution in [0.1, 0.15) is 22.8 Å². The summed E-state index contributed by atoms with van der Waals surface area (Å²) in [5.41, 5.74) is 3.07. The van der Waals surface area contributed by atoms with Gasteiger partial charge in [-0.2, -0.15) is 0 Å². The van der Waals surface area contributed by atoms with E-state index in [4.69, 9.17) is 39.5 Å². The smallest absolute Gasteiger partial charge is 0.101 e. The third kappa shape index (κ3) is 4.77. The molecule has 130 valence electrons. The van der Waals surface area contributed by atoms with Crippen LogP contribution in [0.3, 0.4) is 0 Å². The number of imidazole rings is 1. The molecule has 3 aromatic rings. The van der Waals surface area contributed by atoms with Crippen molar-refractivity contribution in [2.75, 3.05) is 0 Å². The number of nitrogens with zero attached hydrogens (tertiary/aromatic N) is 2. The van der Waals surface area contributed by atoms with Crippen LogP contribution < -0.4 is 0 Å². The molecule has 1 aromatic heterocycles. The van der Waals surface area contributed by atoms with Gasteiger partial charge in [-0.25, -0.2) is 4.98 Å². The van der Waals surface area contributed by atoms with Gasteiger partial charge < -0.3 is 9.30 Å². The largest absolute Gasteiger partial charge is 0.367 e. The number of aromatic nitrogens is 2. The van der Waals surface area contributed by atoms with Crippen LogP contribution in [0, 0.1) is 6.92 Å². The van der Waals surface area contributed by atoms with Gasteiger partial charge in [-0.1, -0.05) is 46.9 Å². The molecule has 0 saturated heterocycles. The highest BCUT2D eigenvalue weighted by Gasteiger charge is 2.16. The van der Waals surface area contributed by atoms with Crippen molar-refractivity contribution in [3.05, 3.63) is 86.9 Å². The van der Waals surface area contributed by atoms with Crippen LogP contribution in [-0.4, -0.2) is 9.55 Å². The van der Waals surface area contributed by atoms with E-state index in [-0.39, 0.29) is 6.10 Å². The second kappa shape index (κ2) is 8.24. The van der Waals surface area contributed by atoms with E-state index in [0.717, 1.165) is 16.7 Å². The summed E-state index contributed by atoms with van der Waals surface area (Å²) in [5.74, 6) is 0. The minimum atomic E-state index is -0.154. The van der Waals surface area contributed by atoms with E-state index in [1.807, 2.05) is 48.0 Å². The summed E-state index contributed by atoms with van der Waals surface area (Å²) in [6.07, 6.45) is 5.29. The van der Waals surface area contributed by atoms with E-state index < -0.39 is 0 Å². The van der Waals surface area contributed by atoms with Gasteiger partial charge in [-0.15, -0.1) is 0 Å². The highest BCUT2D eigenvalue weighted by molar-refractivity contribution is 6.35. The molecule has 3 rings (SSSR count). The molecule has 0 aliphatic carbocycles. The molecule has 0 aliphatic rings. The Bertz CT molecular complexity index is 850. The van der Waals surface area contributed by atoms with Crippen LogP contribution in [-0.2, 0) is 17.9 Å². The summed E-state index contributed by atoms with van der Waals surface area (Å²) in [4.78, 5) is 4.10. The van der Waals surface area contributed by atoms with Crippen molar-refractivity contribution in [1.29, 1.82) is 0 Å². The lowest BCUT2D eigenvalue weighted by Crippen LogP contribution is -2.13. The lowest BCUT2D eigenvalue weighted by atomic mass is 10.0. The molecule has 0 N–H and O–H groups in total. The molecule has 0 unspecified atom stereocenters. The Morgan fingerprint density at radius 3 is 2.52 bits per heavy atom. The van der Waals surface area contributed by atoms with Crippen LogP contribution in [0.15, 0.2) is 55.1 Å². The number of halogens is 3. The van der Waals surface area contributed by atoms with Gasteiger partial charge in [-0.05, 0) is 47.9 Å². The summed E-state index contributed by atoms with van der Waals surface area (Å²) in [7, 11) is 0. The molecule has 0 fully saturated rings. The summed E-state index contributed by atoms with van der Waals surface area (Å²) < 4.78 is 8.20. The van der Waals surface area contributed by atoms with Crippen molar-refractivity contribution in [3.8, 4) is 0 Å². The number of aryl methyl sites for hydroxylation is 1. The van der Waals surface area contributed by atoms with Gasteiger partial charge in [0, 0.05) is 27.5 Å². The maximum Gasteiger partial charge on any atom is 0.101 e. The minimum Gasteiger partial charge on any atom is -0.367 e. The molecule has 3 nitrogen and oxygen atoms in total. The zero-order chi connectivity index (χ0) is 17.8. The van der Waals surface area contributed by atoms with Gasteiger partial charge >= 0.3 is 0 Å². The second-order valence-corrected chi connectivity index (χ2v) is 7.08. The highest BCUT2D eigenvalue weighted by atomic mass is 35.5. The van der Waals surface area contributed by atoms with Gasteiger partial charge in [0.25, 0.3) is 0 Å². The lowest BCUT2D eigenvalue weighted by molar-refractivity contribution is 0.0276. The van der Waals surface area contributed by atoms with E-state index in [1.165, 1.54) is 0 Å². The maximum absolute atomic E-state index is 6.26. The first-order valence-corrected chi connectivity index (χ1v) is 8.93. The number of benzene rings is 2. The van der Waals surface area contributed by atoms with Crippen LogP contribution in [0.5, 0.6) is 0 Å². The summed E-state index contributed by atoms with van der Waals surface area (Å²) in [5, 5.41) is 1.92. The Kier molecular flexibility index (Phi) is 6.02. The quantitative estimate of drug-likeness (QED) is 0.503. The fraction of sp³-hybridized carbons (Fsp3) is 0.211. The summed E-state index contributed by atoms with van der Waals surface area (Å²) in [6, 6.07) is 11.2. The Balaban J connectivity index is 1.83. The molecule has 1 atom stereocenters. The molecular weight excluding hydrogens is 379 g/mol. The molecule has 1 heterocycles. The van der Waals surface area contributed by atoms with E-state index >= 15 is 0 Å². The summed E-state index contributed by atoms with van der Waals surface area (Å²) in [6.45, 7) is 3.06. The van der Waals surface area contributed by atoms with Crippen molar-refractivity contribution >= 4 is 34.8 Å². The predicted octanol–water partition coefficient (Wildman–Crippen LogP) is 6.11. The SMILES string of the molecule is Cc1cc(Cl)ccc1[C@H](Cn1ccnc1)OCc1ccc(Cl)cc1Cl. The first kappa shape index (κ1) is 18.3. The molecular formula is C19H17Cl3N2O. The Labute approximate surface area is 162 Å². The number of rotatable bonds is 6. The van der Waals surface area contributed by atoms with Crippen LogP contribution in [0.2, 0.25) is 15.1 Å². The first-order chi connectivity index (χ1) is 12.0. The normalized spacial score (nSPS) is 12.3. The zero-order valence-electron chi connectivity index (χ0n) is 13.6. The standard InChI is InChI=1S/C19H17Cl3N2O/c1-13-8-15(20)4-5-17(13)19(10-24-7-6-23-12-24)25-11-14-2-3-16(21)9-18(14)22/h2-9,12,19H,10-11H2,1H3/t19-/m0/s1. The maximum atomic E-state index is 6.26. The summed E-state index contributed by atoms with van der Waals surface area (Å²) >= 11 is 18.3. The topological polar surface area (TPSA) is 27.1 Å². The Hall–Kier alpha value is -1.52. The average Bonchev–Trinajstić information content (AvgIpc) is 3.06. The molecule has 0 aliphatic heterocycles. The molecule has 25 heavy (non-hydrogen) atoms. The first-order valence-electron chi connectivity index (χ1n) is 7.80. The van der Waals surface area contributed by atoms with Crippen molar-refractivity contribution in [2.45, 2.75) is 26.2 Å². The fourth-order valence-corrected chi connectivity index (χ4v) is 3.35. The molecule has 0 bridgehead atoms. The lowest BCUT2D eigenvalue weighted by Gasteiger charge is -2.21. The molecule has 2 aromatic carbocycles. The molecule has 0 spiro atoms. The van der Waals surface area contributed by atoms with E-state index in [2.05, 4.69) is 4.98 Å². The highest BCUT2D eigenvalue weighted by Crippen LogP contribution is 2.28. The molecule has 0 saturated carbocycles. The minimum absolute atomic E-state index is 0.154. The van der Waals surface area contributed by atoms with Crippen LogP contribution in [0.25, 0.3) is 0 Å². The van der Waals surface area contributed by atoms with Crippen LogP contribution >= 0.6 is 34.8 Å². The molecule has 0 radical (unpaired) electrons. The van der Waals surface area contributed by atoms with Gasteiger partial charge in [0.15, 0.2) is 0 Å². The van der Waals surface area contributed by atoms with Gasteiger partial charge in [0.1, 0.15) is 6.10 Å². The predicted molar refractivity (Wildman–Crippen MR) is 102 cm³/mol. The number of ether oxygens (including phenoxy) is 1. The van der Waals surface area contributed by atoms with Crippen molar-refractivity contribution < 1.29 is 4.74 Å². The van der Waals surface area contributed by atoms with Crippen molar-refractivity contribution in [1.82, 2.24) is 9.55 Å². The average molecular weight is 396 g/mol. The van der Waals surface area contributed by atoms with Crippen molar-refractivity contribution in [2.24, 2.45) is 0 Å². The third-order valence-corrected chi connectivity index (χ3v) is 4.79. The molecule has 6 heteroatoms. The van der Waals surface area contributed by atoms with Gasteiger partial charge in [-0.3, -0.25) is 0 Å². The molecule has 0 amide bonds. The van der Waals surface area contributed by atoms with Gasteiger partial charge in [0.2, 0.25) is 0 Å². The van der Waals surface area contributed by atoms with Crippen molar-refractivity contribution in [3.63, 3.8) is 0 Å². The van der Waals surface area contributed by atoms with E-state index in [1.54, 1.807) is 18.6 Å². The monoisotopic (exact) mass is 394 g/mol. The van der Waals surface area contributed by atoms with E-state index in [9.17, 15) is 0 Å². The second-order valence-electron chi connectivity index (χ2n) is 5.80. The van der Waals surface area contributed by atoms with E-state index in [0.29, 0.717) is 28.2 Å². The fourth-order valence-electron chi connectivity index (χ4n) is 2.66. The number of hydrogen-bond donors (Lipinski definition) is 0. The Morgan fingerprint density at radius 2 is 1.84 bits per heavy atom. The third-order valence-electron chi connectivity index (χ3n) is 3.97. The number of hydrogen-bond acceptors (Lipinski definition) is 2. The zero-order valence-corrected chi connectivity index (χ0v) is 15.9. The van der Waals surface area contributed by atoms with Crippen LogP contribution in [0.4, 0.5) is 0 Å². The Morgan fingerprint density at radius 1 is 1.08 bits per heavy atom.